The van der Waals surface area contributed by atoms with E-state index in [-0.39, 0.29) is 29.4 Å². The maximum atomic E-state index is 13.7. The van der Waals surface area contributed by atoms with Crippen LogP contribution < -0.4 is 14.8 Å². The summed E-state index contributed by atoms with van der Waals surface area (Å²) in [6.07, 6.45) is 2.83. The lowest BCUT2D eigenvalue weighted by atomic mass is 10.2. The highest BCUT2D eigenvalue weighted by atomic mass is 32.2. The molecular weight excluding hydrogens is 411 g/mol. The minimum Gasteiger partial charge on any atom is -0.494 e. The number of ether oxygens (including phenoxy) is 2. The molecule has 2 aromatic carbocycles. The molecule has 0 atom stereocenters. The first-order valence-corrected chi connectivity index (χ1v) is 11.2. The number of methoxy groups -OCH3 is 1. The third-order valence-electron chi connectivity index (χ3n) is 4.85. The number of hydrogen-bond acceptors (Lipinski definition) is 5. The summed E-state index contributed by atoms with van der Waals surface area (Å²) in [6.45, 7) is 1.50. The van der Waals surface area contributed by atoms with Crippen molar-refractivity contribution in [2.45, 2.75) is 24.2 Å². The van der Waals surface area contributed by atoms with Crippen molar-refractivity contribution in [3.8, 4) is 11.5 Å². The van der Waals surface area contributed by atoms with Gasteiger partial charge in [0.15, 0.2) is 11.6 Å². The number of hydrogen-bond donors (Lipinski definition) is 1. The summed E-state index contributed by atoms with van der Waals surface area (Å²) in [4.78, 5) is 12.3. The Bertz CT molecular complexity index is 973. The van der Waals surface area contributed by atoms with Crippen molar-refractivity contribution in [2.24, 2.45) is 0 Å². The van der Waals surface area contributed by atoms with Crippen LogP contribution in [0, 0.1) is 5.82 Å². The molecule has 0 unspecified atom stereocenters. The van der Waals surface area contributed by atoms with Gasteiger partial charge in [-0.25, -0.2) is 12.8 Å². The second-order valence-electron chi connectivity index (χ2n) is 6.89. The van der Waals surface area contributed by atoms with Gasteiger partial charge >= 0.3 is 0 Å². The number of carbonyl (C=O) groups is 1. The van der Waals surface area contributed by atoms with Gasteiger partial charge in [0, 0.05) is 18.7 Å². The van der Waals surface area contributed by atoms with Gasteiger partial charge in [-0.2, -0.15) is 4.31 Å². The number of rotatable bonds is 8. The van der Waals surface area contributed by atoms with Gasteiger partial charge in [0.25, 0.3) is 5.91 Å². The number of nitrogens with one attached hydrogen (secondary N) is 1. The fourth-order valence-electron chi connectivity index (χ4n) is 3.21. The normalized spacial score (nSPS) is 14.9. The number of carbonyl (C=O) groups excluding carboxylic acids is 1. The molecule has 1 heterocycles. The maximum absolute atomic E-state index is 13.7. The highest BCUT2D eigenvalue weighted by Crippen LogP contribution is 2.22. The number of amides is 1. The number of nitrogens with zero attached hydrogens (tertiary/aromatic N) is 1. The molecule has 0 bridgehead atoms. The van der Waals surface area contributed by atoms with Crippen molar-refractivity contribution in [1.82, 2.24) is 9.62 Å². The van der Waals surface area contributed by atoms with Gasteiger partial charge in [0.05, 0.1) is 18.6 Å². The average Bonchev–Trinajstić information content (AvgIpc) is 2.77. The van der Waals surface area contributed by atoms with E-state index in [1.165, 1.54) is 35.7 Å². The van der Waals surface area contributed by atoms with Gasteiger partial charge in [0.2, 0.25) is 10.0 Å². The summed E-state index contributed by atoms with van der Waals surface area (Å²) in [5.41, 5.74) is 0.181. The Labute approximate surface area is 175 Å². The Morgan fingerprint density at radius 3 is 2.43 bits per heavy atom. The molecule has 162 valence electrons. The van der Waals surface area contributed by atoms with Crippen LogP contribution in [0.3, 0.4) is 0 Å². The molecule has 2 aromatic rings. The Kier molecular flexibility index (Phi) is 7.28. The van der Waals surface area contributed by atoms with Gasteiger partial charge < -0.3 is 14.8 Å². The lowest BCUT2D eigenvalue weighted by Crippen LogP contribution is -2.35. The van der Waals surface area contributed by atoms with Gasteiger partial charge in [0.1, 0.15) is 12.4 Å². The van der Waals surface area contributed by atoms with Gasteiger partial charge in [-0.3, -0.25) is 4.79 Å². The van der Waals surface area contributed by atoms with Crippen LogP contribution in [0.15, 0.2) is 47.4 Å². The van der Waals surface area contributed by atoms with Crippen LogP contribution in [0.5, 0.6) is 11.5 Å². The lowest BCUT2D eigenvalue weighted by Gasteiger charge is -2.25. The summed E-state index contributed by atoms with van der Waals surface area (Å²) in [5.74, 6) is -0.470. The molecule has 1 aliphatic heterocycles. The molecule has 0 spiro atoms. The van der Waals surface area contributed by atoms with Crippen molar-refractivity contribution in [3.63, 3.8) is 0 Å². The molecule has 0 aliphatic carbocycles. The smallest absolute Gasteiger partial charge is 0.251 e. The SMILES string of the molecule is COc1ccc(C(=O)NCCOc2ccc(S(=O)(=O)N3CCCCC3)cc2)cc1F. The molecule has 30 heavy (non-hydrogen) atoms. The van der Waals surface area contributed by atoms with E-state index < -0.39 is 21.7 Å². The molecule has 1 saturated heterocycles. The fourth-order valence-corrected chi connectivity index (χ4v) is 4.72. The standard InChI is InChI=1S/C21H25FN2O5S/c1-28-20-10-5-16(15-19(20)22)21(25)23-11-14-29-17-6-8-18(9-7-17)30(26,27)24-12-3-2-4-13-24/h5-10,15H,2-4,11-14H2,1H3,(H,23,25). The first kappa shape index (κ1) is 22.0. The third kappa shape index (κ3) is 5.28. The molecule has 0 aromatic heterocycles. The summed E-state index contributed by atoms with van der Waals surface area (Å²) in [6, 6.07) is 10.2. The first-order valence-electron chi connectivity index (χ1n) is 9.76. The van der Waals surface area contributed by atoms with E-state index in [1.807, 2.05) is 0 Å². The quantitative estimate of drug-likeness (QED) is 0.644. The summed E-state index contributed by atoms with van der Waals surface area (Å²) < 4.78 is 50.8. The molecular formula is C21H25FN2O5S. The van der Waals surface area contributed by atoms with Crippen molar-refractivity contribution in [3.05, 3.63) is 53.8 Å². The minimum atomic E-state index is -3.47. The van der Waals surface area contributed by atoms with Crippen LogP contribution >= 0.6 is 0 Å². The molecule has 1 N–H and O–H groups in total. The van der Waals surface area contributed by atoms with Gasteiger partial charge in [-0.05, 0) is 55.3 Å². The Hall–Kier alpha value is -2.65. The second-order valence-corrected chi connectivity index (χ2v) is 8.83. The molecule has 0 radical (unpaired) electrons. The van der Waals surface area contributed by atoms with Gasteiger partial charge in [-0.1, -0.05) is 6.42 Å². The Morgan fingerprint density at radius 2 is 1.80 bits per heavy atom. The maximum Gasteiger partial charge on any atom is 0.251 e. The molecule has 7 nitrogen and oxygen atoms in total. The van der Waals surface area contributed by atoms with Crippen LogP contribution in [0.4, 0.5) is 4.39 Å². The van der Waals surface area contributed by atoms with E-state index in [4.69, 9.17) is 9.47 Å². The Balaban J connectivity index is 1.48. The number of benzene rings is 2. The van der Waals surface area contributed by atoms with Gasteiger partial charge in [-0.15, -0.1) is 0 Å². The van der Waals surface area contributed by atoms with Crippen molar-refractivity contribution >= 4 is 15.9 Å². The molecule has 9 heteroatoms. The zero-order valence-electron chi connectivity index (χ0n) is 16.8. The number of halogens is 1. The number of piperidine rings is 1. The first-order chi connectivity index (χ1) is 14.4. The summed E-state index contributed by atoms with van der Waals surface area (Å²) in [7, 11) is -2.12. The second kappa shape index (κ2) is 9.90. The molecule has 1 fully saturated rings. The van der Waals surface area contributed by atoms with Crippen molar-refractivity contribution in [2.75, 3.05) is 33.4 Å². The average molecular weight is 437 g/mol. The highest BCUT2D eigenvalue weighted by molar-refractivity contribution is 7.89. The minimum absolute atomic E-state index is 0.0700. The largest absolute Gasteiger partial charge is 0.494 e. The van der Waals surface area contributed by atoms with E-state index in [2.05, 4.69) is 5.32 Å². The molecule has 1 aliphatic rings. The zero-order chi connectivity index (χ0) is 21.6. The van der Waals surface area contributed by atoms with E-state index in [0.29, 0.717) is 18.8 Å². The molecule has 3 rings (SSSR count). The number of sulfonamides is 1. The predicted octanol–water partition coefficient (Wildman–Crippen LogP) is 2.82. The summed E-state index contributed by atoms with van der Waals surface area (Å²) in [5, 5.41) is 2.64. The molecule has 1 amide bonds. The lowest BCUT2D eigenvalue weighted by molar-refractivity contribution is 0.0946. The molecule has 0 saturated carbocycles. The summed E-state index contributed by atoms with van der Waals surface area (Å²) >= 11 is 0. The van der Waals surface area contributed by atoms with Crippen molar-refractivity contribution in [1.29, 1.82) is 0 Å². The third-order valence-corrected chi connectivity index (χ3v) is 6.76. The van der Waals surface area contributed by atoms with Crippen LogP contribution in [0.1, 0.15) is 29.6 Å². The van der Waals surface area contributed by atoms with E-state index in [9.17, 15) is 17.6 Å². The van der Waals surface area contributed by atoms with E-state index in [1.54, 1.807) is 12.1 Å². The van der Waals surface area contributed by atoms with Crippen LogP contribution in [-0.2, 0) is 10.0 Å². The van der Waals surface area contributed by atoms with Crippen molar-refractivity contribution < 1.29 is 27.1 Å². The topological polar surface area (TPSA) is 84.9 Å². The van der Waals surface area contributed by atoms with E-state index >= 15 is 0 Å². The predicted molar refractivity (Wildman–Crippen MR) is 110 cm³/mol. The van der Waals surface area contributed by atoms with E-state index in [0.717, 1.165) is 25.3 Å². The fraction of sp³-hybridized carbons (Fsp3) is 0.381. The zero-order valence-corrected chi connectivity index (χ0v) is 17.6. The van der Waals surface area contributed by atoms with Crippen LogP contribution in [0.25, 0.3) is 0 Å². The van der Waals surface area contributed by atoms with Crippen LogP contribution in [0.2, 0.25) is 0 Å². The van der Waals surface area contributed by atoms with Crippen LogP contribution in [-0.4, -0.2) is 52.0 Å². The Morgan fingerprint density at radius 1 is 1.10 bits per heavy atom. The monoisotopic (exact) mass is 436 g/mol. The highest BCUT2D eigenvalue weighted by Gasteiger charge is 2.25.